The molecule has 0 bridgehead atoms. The van der Waals surface area contributed by atoms with Crippen molar-refractivity contribution in [1.82, 2.24) is 0 Å². The largest absolute Gasteiger partial charge is 0.0951 e. The van der Waals surface area contributed by atoms with Crippen molar-refractivity contribution in [2.24, 2.45) is 11.8 Å². The molecule has 0 amide bonds. The van der Waals surface area contributed by atoms with Gasteiger partial charge in [-0.1, -0.05) is 56.4 Å². The normalized spacial score (nSPS) is 24.2. The summed E-state index contributed by atoms with van der Waals surface area (Å²) in [5.41, 5.74) is 0. The van der Waals surface area contributed by atoms with Crippen molar-refractivity contribution in [3.63, 3.8) is 0 Å². The highest BCUT2D eigenvalue weighted by atomic mass is 14.1. The third kappa shape index (κ3) is 4.05. The SMILES string of the molecule is C(#CC1CCCCC1)/C=C\C1CCCCC1. The first kappa shape index (κ1) is 11.8. The van der Waals surface area contributed by atoms with Crippen molar-refractivity contribution in [3.8, 4) is 11.8 Å². The number of hydrogen-bond acceptors (Lipinski definition) is 0. The zero-order chi connectivity index (χ0) is 11.1. The summed E-state index contributed by atoms with van der Waals surface area (Å²) in [6.07, 6.45) is 18.4. The summed E-state index contributed by atoms with van der Waals surface area (Å²) >= 11 is 0. The molecule has 2 rings (SSSR count). The lowest BCUT2D eigenvalue weighted by Crippen LogP contribution is -2.03. The van der Waals surface area contributed by atoms with Crippen LogP contribution in [0.2, 0.25) is 0 Å². The molecule has 0 atom stereocenters. The van der Waals surface area contributed by atoms with E-state index in [0.717, 1.165) is 5.92 Å². The van der Waals surface area contributed by atoms with Crippen LogP contribution in [-0.4, -0.2) is 0 Å². The Morgan fingerprint density at radius 2 is 1.38 bits per heavy atom. The molecule has 2 fully saturated rings. The molecule has 16 heavy (non-hydrogen) atoms. The van der Waals surface area contributed by atoms with Crippen LogP contribution in [0.5, 0.6) is 0 Å². The molecule has 0 aromatic heterocycles. The highest BCUT2D eigenvalue weighted by Gasteiger charge is 2.10. The lowest BCUT2D eigenvalue weighted by Gasteiger charge is -2.17. The third-order valence-corrected chi connectivity index (χ3v) is 3.99. The third-order valence-electron chi connectivity index (χ3n) is 3.99. The minimum atomic E-state index is 0.699. The molecule has 0 saturated heterocycles. The molecular formula is C16H24. The first-order chi connectivity index (χ1) is 7.95. The van der Waals surface area contributed by atoms with Gasteiger partial charge in [0.05, 0.1) is 0 Å². The Labute approximate surface area is 101 Å². The van der Waals surface area contributed by atoms with Crippen LogP contribution in [0.1, 0.15) is 64.2 Å². The van der Waals surface area contributed by atoms with Crippen LogP contribution in [-0.2, 0) is 0 Å². The molecule has 0 unspecified atom stereocenters. The monoisotopic (exact) mass is 216 g/mol. The Morgan fingerprint density at radius 3 is 2.06 bits per heavy atom. The van der Waals surface area contributed by atoms with E-state index in [4.69, 9.17) is 0 Å². The van der Waals surface area contributed by atoms with E-state index in [0.29, 0.717) is 5.92 Å². The van der Waals surface area contributed by atoms with Crippen LogP contribution in [0.4, 0.5) is 0 Å². The molecule has 0 N–H and O–H groups in total. The van der Waals surface area contributed by atoms with Gasteiger partial charge in [0.1, 0.15) is 0 Å². The van der Waals surface area contributed by atoms with Crippen molar-refractivity contribution in [1.29, 1.82) is 0 Å². The van der Waals surface area contributed by atoms with E-state index in [9.17, 15) is 0 Å². The first-order valence-corrected chi connectivity index (χ1v) is 7.13. The molecule has 0 radical (unpaired) electrons. The Morgan fingerprint density at radius 1 is 0.750 bits per heavy atom. The summed E-state index contributed by atoms with van der Waals surface area (Å²) in [5, 5.41) is 0. The summed E-state index contributed by atoms with van der Waals surface area (Å²) in [5.74, 6) is 8.22. The standard InChI is InChI=1S/C16H24/c1-3-9-15(10-4-1)13-7-8-14-16-11-5-2-6-12-16/h7,13,15-16H,1-6,9-12H2/b13-7-. The Hall–Kier alpha value is -0.700. The van der Waals surface area contributed by atoms with Gasteiger partial charge < -0.3 is 0 Å². The highest BCUT2D eigenvalue weighted by Crippen LogP contribution is 2.24. The fourth-order valence-corrected chi connectivity index (χ4v) is 2.92. The van der Waals surface area contributed by atoms with Gasteiger partial charge in [-0.15, -0.1) is 0 Å². The first-order valence-electron chi connectivity index (χ1n) is 7.13. The van der Waals surface area contributed by atoms with E-state index in [1.54, 1.807) is 0 Å². The van der Waals surface area contributed by atoms with Gasteiger partial charge in [0, 0.05) is 5.92 Å². The van der Waals surface area contributed by atoms with Crippen molar-refractivity contribution < 1.29 is 0 Å². The van der Waals surface area contributed by atoms with E-state index >= 15 is 0 Å². The number of allylic oxidation sites excluding steroid dienone is 2. The summed E-state index contributed by atoms with van der Waals surface area (Å²) in [7, 11) is 0. The van der Waals surface area contributed by atoms with Gasteiger partial charge in [0.25, 0.3) is 0 Å². The van der Waals surface area contributed by atoms with Gasteiger partial charge in [-0.3, -0.25) is 0 Å². The highest BCUT2D eigenvalue weighted by molar-refractivity contribution is 5.18. The topological polar surface area (TPSA) is 0 Å². The maximum atomic E-state index is 3.42. The summed E-state index contributed by atoms with van der Waals surface area (Å²) in [4.78, 5) is 0. The number of hydrogen-bond donors (Lipinski definition) is 0. The minimum absolute atomic E-state index is 0.699. The lowest BCUT2D eigenvalue weighted by molar-refractivity contribution is 0.419. The summed E-state index contributed by atoms with van der Waals surface area (Å²) in [6, 6.07) is 0. The van der Waals surface area contributed by atoms with E-state index in [2.05, 4.69) is 24.0 Å². The summed E-state index contributed by atoms with van der Waals surface area (Å²) in [6.45, 7) is 0. The molecule has 0 aromatic carbocycles. The molecule has 2 aliphatic carbocycles. The van der Waals surface area contributed by atoms with Gasteiger partial charge in [-0.25, -0.2) is 0 Å². The fraction of sp³-hybridized carbons (Fsp3) is 0.750. The quantitative estimate of drug-likeness (QED) is 0.557. The molecule has 0 aromatic rings. The van der Waals surface area contributed by atoms with Crippen LogP contribution in [0.3, 0.4) is 0 Å². The van der Waals surface area contributed by atoms with Gasteiger partial charge in [0.15, 0.2) is 0 Å². The Bertz CT molecular complexity index is 264. The predicted octanol–water partition coefficient (Wildman–Crippen LogP) is 4.71. The van der Waals surface area contributed by atoms with Crippen LogP contribution < -0.4 is 0 Å². The van der Waals surface area contributed by atoms with Crippen LogP contribution in [0.25, 0.3) is 0 Å². The molecule has 0 heterocycles. The second kappa shape index (κ2) is 6.79. The Kier molecular flexibility index (Phi) is 5.00. The lowest BCUT2D eigenvalue weighted by atomic mass is 9.88. The molecule has 88 valence electrons. The molecule has 0 heteroatoms. The van der Waals surface area contributed by atoms with E-state index in [-0.39, 0.29) is 0 Å². The predicted molar refractivity (Wildman–Crippen MR) is 70.1 cm³/mol. The molecule has 0 nitrogen and oxygen atoms in total. The smallest absolute Gasteiger partial charge is 0.0206 e. The van der Waals surface area contributed by atoms with E-state index in [1.807, 2.05) is 0 Å². The molecule has 2 saturated carbocycles. The fourth-order valence-electron chi connectivity index (χ4n) is 2.92. The molecule has 0 aliphatic heterocycles. The van der Waals surface area contributed by atoms with Gasteiger partial charge in [-0.05, 0) is 37.7 Å². The van der Waals surface area contributed by atoms with Crippen molar-refractivity contribution in [2.45, 2.75) is 64.2 Å². The van der Waals surface area contributed by atoms with Crippen LogP contribution in [0.15, 0.2) is 12.2 Å². The van der Waals surface area contributed by atoms with Crippen LogP contribution in [0, 0.1) is 23.7 Å². The molecule has 2 aliphatic rings. The maximum Gasteiger partial charge on any atom is 0.0206 e. The minimum Gasteiger partial charge on any atom is -0.0951 e. The second-order valence-electron chi connectivity index (χ2n) is 5.38. The average molecular weight is 216 g/mol. The molecular weight excluding hydrogens is 192 g/mol. The van der Waals surface area contributed by atoms with Crippen molar-refractivity contribution >= 4 is 0 Å². The van der Waals surface area contributed by atoms with Crippen molar-refractivity contribution in [2.75, 3.05) is 0 Å². The Balaban J connectivity index is 1.72. The van der Waals surface area contributed by atoms with Gasteiger partial charge >= 0.3 is 0 Å². The zero-order valence-corrected chi connectivity index (χ0v) is 10.4. The van der Waals surface area contributed by atoms with Gasteiger partial charge in [0.2, 0.25) is 0 Å². The summed E-state index contributed by atoms with van der Waals surface area (Å²) < 4.78 is 0. The average Bonchev–Trinajstić information content (AvgIpc) is 2.37. The zero-order valence-electron chi connectivity index (χ0n) is 10.4. The van der Waals surface area contributed by atoms with E-state index in [1.165, 1.54) is 64.2 Å². The molecule has 0 spiro atoms. The van der Waals surface area contributed by atoms with Gasteiger partial charge in [-0.2, -0.15) is 0 Å². The van der Waals surface area contributed by atoms with E-state index < -0.39 is 0 Å². The van der Waals surface area contributed by atoms with Crippen molar-refractivity contribution in [3.05, 3.63) is 12.2 Å². The maximum absolute atomic E-state index is 3.42. The van der Waals surface area contributed by atoms with Crippen LogP contribution >= 0.6 is 0 Å². The second-order valence-corrected chi connectivity index (χ2v) is 5.38. The number of rotatable bonds is 1.